The van der Waals surface area contributed by atoms with Gasteiger partial charge in [0, 0.05) is 26.3 Å². The molecule has 0 aromatic carbocycles. The van der Waals surface area contributed by atoms with Gasteiger partial charge in [-0.1, -0.05) is 0 Å². The lowest BCUT2D eigenvalue weighted by Crippen LogP contribution is -2.42. The molecule has 0 spiro atoms. The number of piperidine rings is 1. The van der Waals surface area contributed by atoms with Crippen molar-refractivity contribution in [2.45, 2.75) is 19.8 Å². The van der Waals surface area contributed by atoms with E-state index in [1.807, 2.05) is 32.1 Å². The van der Waals surface area contributed by atoms with E-state index >= 15 is 0 Å². The Balaban J connectivity index is 0.00000180. The highest BCUT2D eigenvalue weighted by atomic mass is 35.5. The Morgan fingerprint density at radius 1 is 1.58 bits per heavy atom. The van der Waals surface area contributed by atoms with E-state index in [0.29, 0.717) is 5.92 Å². The number of hydrogen-bond acceptors (Lipinski definition) is 3. The van der Waals surface area contributed by atoms with Gasteiger partial charge in [-0.3, -0.25) is 9.48 Å². The van der Waals surface area contributed by atoms with Crippen LogP contribution in [0.2, 0.25) is 0 Å². The molecule has 0 bridgehead atoms. The number of nitrogens with one attached hydrogen (secondary N) is 1. The molecule has 2 heterocycles. The van der Waals surface area contributed by atoms with Gasteiger partial charge in [0.1, 0.15) is 0 Å². The summed E-state index contributed by atoms with van der Waals surface area (Å²) in [6, 6.07) is 0. The standard InChI is InChI=1S/C13H22N4O.ClH/c1-10-12(9-16(3)15-10)13(18)17-6-4-5-11(8-17)7-14-2;/h9,11,14H,4-8H2,1-3H3;1H. The third-order valence-electron chi connectivity index (χ3n) is 3.54. The lowest BCUT2D eigenvalue weighted by atomic mass is 9.97. The Labute approximate surface area is 120 Å². The first-order chi connectivity index (χ1) is 8.61. The van der Waals surface area contributed by atoms with Crippen LogP contribution in [-0.2, 0) is 7.05 Å². The fourth-order valence-electron chi connectivity index (χ4n) is 2.68. The van der Waals surface area contributed by atoms with E-state index in [9.17, 15) is 4.79 Å². The summed E-state index contributed by atoms with van der Waals surface area (Å²) in [5.41, 5.74) is 1.56. The van der Waals surface area contributed by atoms with Crippen LogP contribution < -0.4 is 5.32 Å². The van der Waals surface area contributed by atoms with Gasteiger partial charge in [-0.15, -0.1) is 12.4 Å². The second kappa shape index (κ2) is 6.91. The highest BCUT2D eigenvalue weighted by molar-refractivity contribution is 5.95. The molecule has 1 aliphatic heterocycles. The molecule has 108 valence electrons. The molecule has 1 atom stereocenters. The number of halogens is 1. The summed E-state index contributed by atoms with van der Waals surface area (Å²) in [4.78, 5) is 14.4. The molecule has 0 saturated carbocycles. The minimum Gasteiger partial charge on any atom is -0.338 e. The van der Waals surface area contributed by atoms with Crippen molar-refractivity contribution in [1.82, 2.24) is 20.0 Å². The lowest BCUT2D eigenvalue weighted by Gasteiger charge is -2.32. The summed E-state index contributed by atoms with van der Waals surface area (Å²) >= 11 is 0. The topological polar surface area (TPSA) is 50.2 Å². The smallest absolute Gasteiger partial charge is 0.257 e. The van der Waals surface area contributed by atoms with Crippen LogP contribution in [0.5, 0.6) is 0 Å². The van der Waals surface area contributed by atoms with Gasteiger partial charge >= 0.3 is 0 Å². The number of hydrogen-bond donors (Lipinski definition) is 1. The Hall–Kier alpha value is -1.07. The van der Waals surface area contributed by atoms with Crippen molar-refractivity contribution in [3.05, 3.63) is 17.5 Å². The first-order valence-corrected chi connectivity index (χ1v) is 6.56. The van der Waals surface area contributed by atoms with Gasteiger partial charge in [0.15, 0.2) is 0 Å². The van der Waals surface area contributed by atoms with E-state index in [0.717, 1.165) is 37.3 Å². The van der Waals surface area contributed by atoms with E-state index < -0.39 is 0 Å². The molecule has 1 amide bonds. The number of carbonyl (C=O) groups is 1. The van der Waals surface area contributed by atoms with Gasteiger partial charge in [0.25, 0.3) is 5.91 Å². The van der Waals surface area contributed by atoms with Crippen molar-refractivity contribution < 1.29 is 4.79 Å². The van der Waals surface area contributed by atoms with Gasteiger partial charge in [-0.05, 0) is 39.3 Å². The van der Waals surface area contributed by atoms with E-state index in [1.54, 1.807) is 4.68 Å². The maximum atomic E-state index is 12.4. The third kappa shape index (κ3) is 3.70. The van der Waals surface area contributed by atoms with E-state index in [2.05, 4.69) is 10.4 Å². The molecule has 0 aliphatic carbocycles. The summed E-state index contributed by atoms with van der Waals surface area (Å²) < 4.78 is 1.71. The molecule has 19 heavy (non-hydrogen) atoms. The van der Waals surface area contributed by atoms with Crippen LogP contribution in [0, 0.1) is 12.8 Å². The Morgan fingerprint density at radius 2 is 2.32 bits per heavy atom. The van der Waals surface area contributed by atoms with Crippen LogP contribution in [-0.4, -0.2) is 47.3 Å². The van der Waals surface area contributed by atoms with Crippen molar-refractivity contribution in [2.24, 2.45) is 13.0 Å². The van der Waals surface area contributed by atoms with Crippen LogP contribution in [0.25, 0.3) is 0 Å². The Kier molecular flexibility index (Phi) is 5.82. The van der Waals surface area contributed by atoms with Gasteiger partial charge in [-0.25, -0.2) is 0 Å². The van der Waals surface area contributed by atoms with E-state index in [1.165, 1.54) is 6.42 Å². The van der Waals surface area contributed by atoms with Crippen LogP contribution in [0.1, 0.15) is 28.9 Å². The number of aryl methyl sites for hydroxylation is 2. The highest BCUT2D eigenvalue weighted by Crippen LogP contribution is 2.19. The van der Waals surface area contributed by atoms with Gasteiger partial charge in [-0.2, -0.15) is 5.10 Å². The first-order valence-electron chi connectivity index (χ1n) is 6.56. The van der Waals surface area contributed by atoms with Gasteiger partial charge < -0.3 is 10.2 Å². The van der Waals surface area contributed by atoms with Crippen LogP contribution >= 0.6 is 12.4 Å². The van der Waals surface area contributed by atoms with E-state index in [4.69, 9.17) is 0 Å². The number of aromatic nitrogens is 2. The second-order valence-corrected chi connectivity index (χ2v) is 5.12. The molecule has 5 nitrogen and oxygen atoms in total. The average Bonchev–Trinajstić information content (AvgIpc) is 2.68. The molecule has 2 rings (SSSR count). The normalized spacial score (nSPS) is 19.1. The predicted octanol–water partition coefficient (Wildman–Crippen LogP) is 1.22. The van der Waals surface area contributed by atoms with Crippen LogP contribution in [0.3, 0.4) is 0 Å². The zero-order valence-corrected chi connectivity index (χ0v) is 12.7. The van der Waals surface area contributed by atoms with Crippen molar-refractivity contribution >= 4 is 18.3 Å². The molecular formula is C13H23ClN4O. The Morgan fingerprint density at radius 3 is 2.89 bits per heavy atom. The molecule has 1 N–H and O–H groups in total. The lowest BCUT2D eigenvalue weighted by molar-refractivity contribution is 0.0673. The minimum absolute atomic E-state index is 0. The molecule has 1 aromatic rings. The summed E-state index contributed by atoms with van der Waals surface area (Å²) in [6.45, 7) is 4.60. The van der Waals surface area contributed by atoms with Gasteiger partial charge in [0.2, 0.25) is 0 Å². The van der Waals surface area contributed by atoms with E-state index in [-0.39, 0.29) is 18.3 Å². The molecule has 1 saturated heterocycles. The van der Waals surface area contributed by atoms with Crippen molar-refractivity contribution in [1.29, 1.82) is 0 Å². The minimum atomic E-state index is 0. The predicted molar refractivity (Wildman–Crippen MR) is 77.7 cm³/mol. The summed E-state index contributed by atoms with van der Waals surface area (Å²) in [6.07, 6.45) is 4.12. The second-order valence-electron chi connectivity index (χ2n) is 5.12. The Bertz CT molecular complexity index is 430. The maximum Gasteiger partial charge on any atom is 0.257 e. The quantitative estimate of drug-likeness (QED) is 0.909. The number of nitrogens with zero attached hydrogens (tertiary/aromatic N) is 3. The fourth-order valence-corrected chi connectivity index (χ4v) is 2.68. The highest BCUT2D eigenvalue weighted by Gasteiger charge is 2.25. The molecule has 1 unspecified atom stereocenters. The number of carbonyl (C=O) groups excluding carboxylic acids is 1. The largest absolute Gasteiger partial charge is 0.338 e. The fraction of sp³-hybridized carbons (Fsp3) is 0.692. The molecule has 1 fully saturated rings. The molecular weight excluding hydrogens is 264 g/mol. The third-order valence-corrected chi connectivity index (χ3v) is 3.54. The van der Waals surface area contributed by atoms with Gasteiger partial charge in [0.05, 0.1) is 11.3 Å². The zero-order chi connectivity index (χ0) is 13.1. The summed E-state index contributed by atoms with van der Waals surface area (Å²) in [7, 11) is 3.82. The molecule has 1 aliphatic rings. The number of likely N-dealkylation sites (tertiary alicyclic amines) is 1. The SMILES string of the molecule is CNCC1CCCN(C(=O)c2cn(C)nc2C)C1.Cl. The number of amides is 1. The van der Waals surface area contributed by atoms with Crippen molar-refractivity contribution in [3.8, 4) is 0 Å². The molecule has 6 heteroatoms. The monoisotopic (exact) mass is 286 g/mol. The first kappa shape index (κ1) is 16.0. The number of rotatable bonds is 3. The average molecular weight is 287 g/mol. The zero-order valence-electron chi connectivity index (χ0n) is 11.8. The maximum absolute atomic E-state index is 12.4. The van der Waals surface area contributed by atoms with Crippen molar-refractivity contribution in [2.75, 3.05) is 26.7 Å². The van der Waals surface area contributed by atoms with Crippen molar-refractivity contribution in [3.63, 3.8) is 0 Å². The van der Waals surface area contributed by atoms with Crippen LogP contribution in [0.15, 0.2) is 6.20 Å². The summed E-state index contributed by atoms with van der Waals surface area (Å²) in [5, 5.41) is 7.44. The van der Waals surface area contributed by atoms with Crippen LogP contribution in [0.4, 0.5) is 0 Å². The molecule has 0 radical (unpaired) electrons. The summed E-state index contributed by atoms with van der Waals surface area (Å²) in [5.74, 6) is 0.700. The molecule has 1 aromatic heterocycles.